The van der Waals surface area contributed by atoms with Gasteiger partial charge in [-0.05, 0) is 50.6 Å². The summed E-state index contributed by atoms with van der Waals surface area (Å²) < 4.78 is 5.99. The third kappa shape index (κ3) is 3.91. The van der Waals surface area contributed by atoms with E-state index >= 15 is 0 Å². The Kier molecular flexibility index (Phi) is 5.38. The molecule has 1 atom stereocenters. The molecule has 4 rings (SSSR count). The molecule has 1 aliphatic heterocycles. The van der Waals surface area contributed by atoms with Gasteiger partial charge in [0.15, 0.2) is 0 Å². The summed E-state index contributed by atoms with van der Waals surface area (Å²) in [4.78, 5) is 4.79. The number of anilines is 1. The summed E-state index contributed by atoms with van der Waals surface area (Å²) in [5.41, 5.74) is 4.62. The van der Waals surface area contributed by atoms with Crippen LogP contribution in [0.4, 0.5) is 5.69 Å². The first kappa shape index (κ1) is 19.0. The second-order valence-electron chi connectivity index (χ2n) is 7.44. The Hall–Kier alpha value is -2.37. The SMILES string of the molecule is Cc1cccc(-c2nnc([C@@H](C)N3CCN(c4cc(Cl)ccc4C)CC3)o2)c1. The van der Waals surface area contributed by atoms with Crippen molar-refractivity contribution in [3.8, 4) is 11.5 Å². The lowest BCUT2D eigenvalue weighted by Crippen LogP contribution is -2.47. The number of aromatic nitrogens is 2. The highest BCUT2D eigenvalue weighted by Gasteiger charge is 2.26. The number of hydrogen-bond donors (Lipinski definition) is 0. The Morgan fingerprint density at radius 2 is 1.79 bits per heavy atom. The summed E-state index contributed by atoms with van der Waals surface area (Å²) in [6.45, 7) is 10.1. The predicted molar refractivity (Wildman–Crippen MR) is 113 cm³/mol. The quantitative estimate of drug-likeness (QED) is 0.628. The lowest BCUT2D eigenvalue weighted by molar-refractivity contribution is 0.173. The molecular formula is C22H25ClN4O. The molecule has 0 aliphatic carbocycles. The lowest BCUT2D eigenvalue weighted by Gasteiger charge is -2.38. The molecular weight excluding hydrogens is 372 g/mol. The zero-order chi connectivity index (χ0) is 19.7. The average molecular weight is 397 g/mol. The molecule has 1 saturated heterocycles. The Balaban J connectivity index is 1.43. The number of nitrogens with zero attached hydrogens (tertiary/aromatic N) is 4. The minimum atomic E-state index is 0.0914. The van der Waals surface area contributed by atoms with Crippen LogP contribution in [0.5, 0.6) is 0 Å². The Morgan fingerprint density at radius 1 is 1.00 bits per heavy atom. The summed E-state index contributed by atoms with van der Waals surface area (Å²) >= 11 is 6.19. The second-order valence-corrected chi connectivity index (χ2v) is 7.88. The molecule has 5 nitrogen and oxygen atoms in total. The monoisotopic (exact) mass is 396 g/mol. The van der Waals surface area contributed by atoms with E-state index in [0.717, 1.165) is 36.8 Å². The summed E-state index contributed by atoms with van der Waals surface area (Å²) in [6.07, 6.45) is 0. The van der Waals surface area contributed by atoms with E-state index in [1.54, 1.807) is 0 Å². The van der Waals surface area contributed by atoms with Crippen molar-refractivity contribution >= 4 is 17.3 Å². The number of piperazine rings is 1. The van der Waals surface area contributed by atoms with E-state index in [0.29, 0.717) is 11.8 Å². The average Bonchev–Trinajstić information content (AvgIpc) is 3.20. The Bertz CT molecular complexity index is 963. The van der Waals surface area contributed by atoms with Gasteiger partial charge in [-0.15, -0.1) is 10.2 Å². The maximum absolute atomic E-state index is 6.19. The van der Waals surface area contributed by atoms with E-state index in [1.807, 2.05) is 18.2 Å². The minimum Gasteiger partial charge on any atom is -0.419 e. The van der Waals surface area contributed by atoms with Gasteiger partial charge >= 0.3 is 0 Å². The number of benzene rings is 2. The molecule has 1 aliphatic rings. The molecule has 0 spiro atoms. The van der Waals surface area contributed by atoms with Crippen LogP contribution in [0, 0.1) is 13.8 Å². The molecule has 1 fully saturated rings. The normalized spacial score (nSPS) is 16.4. The van der Waals surface area contributed by atoms with E-state index in [-0.39, 0.29) is 6.04 Å². The highest BCUT2D eigenvalue weighted by molar-refractivity contribution is 6.30. The van der Waals surface area contributed by atoms with Crippen LogP contribution in [-0.2, 0) is 0 Å². The maximum atomic E-state index is 6.19. The first-order valence-electron chi connectivity index (χ1n) is 9.67. The number of halogens is 1. The van der Waals surface area contributed by atoms with Gasteiger partial charge in [0, 0.05) is 42.5 Å². The molecule has 0 bridgehead atoms. The van der Waals surface area contributed by atoms with Crippen LogP contribution in [0.1, 0.15) is 30.0 Å². The van der Waals surface area contributed by atoms with Crippen LogP contribution in [0.2, 0.25) is 5.02 Å². The van der Waals surface area contributed by atoms with Crippen LogP contribution < -0.4 is 4.90 Å². The van der Waals surface area contributed by atoms with Crippen LogP contribution in [0.25, 0.3) is 11.5 Å². The second kappa shape index (κ2) is 7.94. The van der Waals surface area contributed by atoms with Gasteiger partial charge < -0.3 is 9.32 Å². The van der Waals surface area contributed by atoms with Crippen molar-refractivity contribution in [2.24, 2.45) is 0 Å². The zero-order valence-electron chi connectivity index (χ0n) is 16.5. The molecule has 0 N–H and O–H groups in total. The summed E-state index contributed by atoms with van der Waals surface area (Å²) in [5.74, 6) is 1.25. The number of rotatable bonds is 4. The predicted octanol–water partition coefficient (Wildman–Crippen LogP) is 4.89. The van der Waals surface area contributed by atoms with Gasteiger partial charge in [0.05, 0.1) is 6.04 Å². The number of aryl methyl sites for hydroxylation is 2. The van der Waals surface area contributed by atoms with Crippen molar-refractivity contribution < 1.29 is 4.42 Å². The smallest absolute Gasteiger partial charge is 0.247 e. The number of hydrogen-bond acceptors (Lipinski definition) is 5. The first-order chi connectivity index (χ1) is 13.5. The van der Waals surface area contributed by atoms with Crippen LogP contribution in [0.3, 0.4) is 0 Å². The van der Waals surface area contributed by atoms with Crippen LogP contribution in [0.15, 0.2) is 46.9 Å². The van der Waals surface area contributed by atoms with Gasteiger partial charge in [0.2, 0.25) is 11.8 Å². The molecule has 3 aromatic rings. The Morgan fingerprint density at radius 3 is 2.54 bits per heavy atom. The van der Waals surface area contributed by atoms with Crippen molar-refractivity contribution in [1.82, 2.24) is 15.1 Å². The molecule has 1 aromatic heterocycles. The summed E-state index contributed by atoms with van der Waals surface area (Å²) in [6, 6.07) is 14.3. The molecule has 28 heavy (non-hydrogen) atoms. The van der Waals surface area contributed by atoms with Gasteiger partial charge in [0.25, 0.3) is 0 Å². The van der Waals surface area contributed by atoms with Gasteiger partial charge in [0.1, 0.15) is 0 Å². The standard InChI is InChI=1S/C22H25ClN4O/c1-15-5-4-6-18(13-15)22-25-24-21(28-22)17(3)26-9-11-27(12-10-26)20-14-19(23)8-7-16(20)2/h4-8,13-14,17H,9-12H2,1-3H3/t17-/m1/s1. The first-order valence-corrected chi connectivity index (χ1v) is 10.0. The van der Waals surface area contributed by atoms with Crippen molar-refractivity contribution in [1.29, 1.82) is 0 Å². The fourth-order valence-electron chi connectivity index (χ4n) is 3.73. The van der Waals surface area contributed by atoms with Gasteiger partial charge in [-0.2, -0.15) is 0 Å². The largest absolute Gasteiger partial charge is 0.419 e. The molecule has 0 amide bonds. The van der Waals surface area contributed by atoms with Crippen LogP contribution in [-0.4, -0.2) is 41.3 Å². The fraction of sp³-hybridized carbons (Fsp3) is 0.364. The van der Waals surface area contributed by atoms with Crippen molar-refractivity contribution in [2.75, 3.05) is 31.1 Å². The van der Waals surface area contributed by atoms with Gasteiger partial charge in [-0.3, -0.25) is 4.90 Å². The molecule has 146 valence electrons. The van der Waals surface area contributed by atoms with Crippen molar-refractivity contribution in [2.45, 2.75) is 26.8 Å². The highest BCUT2D eigenvalue weighted by Crippen LogP contribution is 2.28. The summed E-state index contributed by atoms with van der Waals surface area (Å²) in [5, 5.41) is 9.35. The highest BCUT2D eigenvalue weighted by atomic mass is 35.5. The maximum Gasteiger partial charge on any atom is 0.247 e. The topological polar surface area (TPSA) is 45.4 Å². The Labute approximate surface area is 170 Å². The zero-order valence-corrected chi connectivity index (χ0v) is 17.3. The van der Waals surface area contributed by atoms with Gasteiger partial charge in [-0.1, -0.05) is 35.4 Å². The molecule has 2 heterocycles. The molecule has 6 heteroatoms. The van der Waals surface area contributed by atoms with E-state index in [4.69, 9.17) is 16.0 Å². The van der Waals surface area contributed by atoms with E-state index in [9.17, 15) is 0 Å². The molecule has 0 unspecified atom stereocenters. The fourth-order valence-corrected chi connectivity index (χ4v) is 3.89. The summed E-state index contributed by atoms with van der Waals surface area (Å²) in [7, 11) is 0. The third-order valence-electron chi connectivity index (χ3n) is 5.44. The molecule has 0 saturated carbocycles. The van der Waals surface area contributed by atoms with Crippen molar-refractivity contribution in [3.05, 3.63) is 64.5 Å². The van der Waals surface area contributed by atoms with E-state index < -0.39 is 0 Å². The third-order valence-corrected chi connectivity index (χ3v) is 5.67. The van der Waals surface area contributed by atoms with Crippen LogP contribution >= 0.6 is 11.6 Å². The van der Waals surface area contributed by atoms with Gasteiger partial charge in [-0.25, -0.2) is 0 Å². The van der Waals surface area contributed by atoms with E-state index in [1.165, 1.54) is 16.8 Å². The van der Waals surface area contributed by atoms with E-state index in [2.05, 4.69) is 65.0 Å². The van der Waals surface area contributed by atoms with Crippen molar-refractivity contribution in [3.63, 3.8) is 0 Å². The minimum absolute atomic E-state index is 0.0914. The molecule has 0 radical (unpaired) electrons. The lowest BCUT2D eigenvalue weighted by atomic mass is 10.1. The molecule has 2 aromatic carbocycles.